The van der Waals surface area contributed by atoms with Gasteiger partial charge in [0.05, 0.1) is 12.1 Å². The number of ether oxygens (including phenoxy) is 1. The van der Waals surface area contributed by atoms with Gasteiger partial charge in [0.15, 0.2) is 5.71 Å². The van der Waals surface area contributed by atoms with Gasteiger partial charge in [0.2, 0.25) is 5.16 Å². The number of carboxylic acid groups (broad SMARTS) is 1. The summed E-state index contributed by atoms with van der Waals surface area (Å²) < 4.78 is 6.62. The van der Waals surface area contributed by atoms with Gasteiger partial charge in [0.1, 0.15) is 29.5 Å². The first-order chi connectivity index (χ1) is 18.3. The van der Waals surface area contributed by atoms with Crippen LogP contribution in [0.5, 0.6) is 5.75 Å². The van der Waals surface area contributed by atoms with Crippen molar-refractivity contribution in [2.75, 3.05) is 25.2 Å². The van der Waals surface area contributed by atoms with E-state index in [2.05, 4.69) is 32.6 Å². The monoisotopic (exact) mass is 579 g/mol. The number of aryl methyl sites for hydroxylation is 1. The average molecular weight is 580 g/mol. The van der Waals surface area contributed by atoms with Crippen LogP contribution in [0.4, 0.5) is 0 Å². The second-order valence-electron chi connectivity index (χ2n) is 7.87. The van der Waals surface area contributed by atoms with E-state index in [0.717, 1.165) is 0 Å². The van der Waals surface area contributed by atoms with Crippen molar-refractivity contribution >= 4 is 58.6 Å². The van der Waals surface area contributed by atoms with Crippen LogP contribution in [0.2, 0.25) is 5.02 Å². The number of fused-ring (bicyclic) bond motifs is 1. The highest BCUT2D eigenvalue weighted by Crippen LogP contribution is 2.41. The van der Waals surface area contributed by atoms with Crippen molar-refractivity contribution < 1.29 is 29.1 Å². The lowest BCUT2D eigenvalue weighted by molar-refractivity contribution is -0.150. The number of aromatic nitrogens is 4. The van der Waals surface area contributed by atoms with Crippen LogP contribution < -0.4 is 10.1 Å². The van der Waals surface area contributed by atoms with Gasteiger partial charge >= 0.3 is 5.97 Å². The molecule has 2 N–H and O–H groups in total. The number of carbonyl (C=O) groups is 3. The van der Waals surface area contributed by atoms with E-state index in [0.29, 0.717) is 27.8 Å². The molecule has 2 amide bonds. The molecule has 2 aliphatic heterocycles. The van der Waals surface area contributed by atoms with E-state index < -0.39 is 29.2 Å². The van der Waals surface area contributed by atoms with Crippen LogP contribution in [0.15, 0.2) is 52.4 Å². The third-order valence-corrected chi connectivity index (χ3v) is 8.21. The molecule has 1 saturated heterocycles. The number of benzene rings is 1. The molecule has 2 aliphatic rings. The van der Waals surface area contributed by atoms with Crippen molar-refractivity contribution in [3.8, 4) is 5.75 Å². The van der Waals surface area contributed by atoms with Gasteiger partial charge in [-0.05, 0) is 34.2 Å². The van der Waals surface area contributed by atoms with E-state index in [9.17, 15) is 19.5 Å². The first-order valence-electron chi connectivity index (χ1n) is 11.0. The summed E-state index contributed by atoms with van der Waals surface area (Å²) in [5.74, 6) is -1.43. The fourth-order valence-electron chi connectivity index (χ4n) is 3.69. The predicted molar refractivity (Wildman–Crippen MR) is 140 cm³/mol. The van der Waals surface area contributed by atoms with Gasteiger partial charge < -0.3 is 20.0 Å². The molecule has 38 heavy (non-hydrogen) atoms. The van der Waals surface area contributed by atoms with Gasteiger partial charge in [-0.25, -0.2) is 9.48 Å². The van der Waals surface area contributed by atoms with E-state index in [4.69, 9.17) is 21.2 Å². The molecule has 1 unspecified atom stereocenters. The number of rotatable bonds is 11. The molecule has 0 aliphatic carbocycles. The fraction of sp³-hybridized carbons (Fsp3) is 0.318. The van der Waals surface area contributed by atoms with E-state index in [-0.39, 0.29) is 28.8 Å². The molecule has 200 valence electrons. The Balaban J connectivity index is 1.52. The quantitative estimate of drug-likeness (QED) is 0.0985. The summed E-state index contributed by atoms with van der Waals surface area (Å²) in [6.45, 7) is 3.60. The molecule has 1 aromatic heterocycles. The molecule has 0 bridgehead atoms. The zero-order chi connectivity index (χ0) is 27.4. The van der Waals surface area contributed by atoms with E-state index in [1.807, 2.05) is 0 Å². The number of halogens is 1. The maximum absolute atomic E-state index is 13.2. The summed E-state index contributed by atoms with van der Waals surface area (Å²) in [5, 5.41) is 27.8. The number of nitrogens with zero attached hydrogens (tertiary/aromatic N) is 6. The number of thioether (sulfide) groups is 2. The Bertz CT molecular complexity index is 1350. The molecule has 13 nitrogen and oxygen atoms in total. The number of aliphatic carboxylic acids is 1. The number of hydrogen-bond donors (Lipinski definition) is 2. The molecule has 16 heteroatoms. The molecule has 3 heterocycles. The molecule has 4 rings (SSSR count). The minimum absolute atomic E-state index is 0.0488. The predicted octanol–water partition coefficient (Wildman–Crippen LogP) is 1.31. The summed E-state index contributed by atoms with van der Waals surface area (Å²) in [4.78, 5) is 44.7. The number of methoxy groups -OCH3 is 1. The van der Waals surface area contributed by atoms with E-state index >= 15 is 0 Å². The normalized spacial score (nSPS) is 19.0. The molecular weight excluding hydrogens is 558 g/mol. The van der Waals surface area contributed by atoms with Gasteiger partial charge in [-0.1, -0.05) is 41.2 Å². The molecule has 1 fully saturated rings. The van der Waals surface area contributed by atoms with Crippen molar-refractivity contribution in [3.05, 3.63) is 52.7 Å². The molecule has 1 aromatic carbocycles. The number of amides is 2. The Morgan fingerprint density at radius 2 is 2.24 bits per heavy atom. The molecular formula is C22H22ClN7O6S2. The number of oxime groups is 1. The number of nitrogens with one attached hydrogen (secondary N) is 1. The first-order valence-corrected chi connectivity index (χ1v) is 13.4. The largest absolute Gasteiger partial charge is 0.495 e. The lowest BCUT2D eigenvalue weighted by Crippen LogP contribution is -2.71. The number of hydrogen-bond acceptors (Lipinski definition) is 11. The highest BCUT2D eigenvalue weighted by molar-refractivity contribution is 8.01. The minimum Gasteiger partial charge on any atom is -0.495 e. The van der Waals surface area contributed by atoms with Crippen LogP contribution in [-0.2, 0) is 26.3 Å². The number of tetrazole rings is 1. The van der Waals surface area contributed by atoms with Crippen molar-refractivity contribution in [2.45, 2.75) is 16.6 Å². The van der Waals surface area contributed by atoms with Crippen molar-refractivity contribution in [1.82, 2.24) is 30.4 Å². The third-order valence-electron chi connectivity index (χ3n) is 5.48. The van der Waals surface area contributed by atoms with E-state index in [1.165, 1.54) is 52.4 Å². The molecule has 2 atom stereocenters. The fourth-order valence-corrected chi connectivity index (χ4v) is 6.29. The molecule has 0 radical (unpaired) electrons. The van der Waals surface area contributed by atoms with Crippen LogP contribution in [0.1, 0.15) is 5.56 Å². The maximum atomic E-state index is 13.2. The lowest BCUT2D eigenvalue weighted by Gasteiger charge is -2.49. The van der Waals surface area contributed by atoms with Gasteiger partial charge in [0.25, 0.3) is 11.8 Å². The Labute approximate surface area is 230 Å². The van der Waals surface area contributed by atoms with Crippen LogP contribution in [0.25, 0.3) is 0 Å². The topological polar surface area (TPSA) is 161 Å². The summed E-state index contributed by atoms with van der Waals surface area (Å²) >= 11 is 8.83. The summed E-state index contributed by atoms with van der Waals surface area (Å²) in [7, 11) is 3.13. The Morgan fingerprint density at radius 3 is 2.87 bits per heavy atom. The van der Waals surface area contributed by atoms with Crippen LogP contribution in [0, 0.1) is 0 Å². The number of carbonyl (C=O) groups excluding carboxylic acids is 2. The first kappa shape index (κ1) is 27.5. The highest BCUT2D eigenvalue weighted by Gasteiger charge is 2.54. The standard InChI is InChI=1S/C22H22ClN7O6S2/c1-4-7-36-26-15(11-5-6-14(35-3)13(23)8-11)18(31)24-16-19(32)30-17(21(33)34)12(9-37-20(16)30)10-38-22-25-27-28-29(22)2/h4-6,8,16,20H,1,7,9-10H2,2-3H3,(H,24,31)(H,33,34)/b26-15-/t16?,20-/m1/s1. The second-order valence-corrected chi connectivity index (χ2v) is 10.3. The van der Waals surface area contributed by atoms with Crippen LogP contribution >= 0.6 is 35.1 Å². The molecule has 2 aromatic rings. The minimum atomic E-state index is -1.23. The van der Waals surface area contributed by atoms with Gasteiger partial charge in [-0.3, -0.25) is 14.5 Å². The maximum Gasteiger partial charge on any atom is 0.352 e. The Morgan fingerprint density at radius 1 is 1.45 bits per heavy atom. The average Bonchev–Trinajstić information content (AvgIpc) is 3.32. The summed E-state index contributed by atoms with van der Waals surface area (Å²) in [5.41, 5.74) is 0.669. The Kier molecular flexibility index (Phi) is 8.58. The lowest BCUT2D eigenvalue weighted by atomic mass is 10.0. The summed E-state index contributed by atoms with van der Waals surface area (Å²) in [6.07, 6.45) is 1.46. The van der Waals surface area contributed by atoms with E-state index in [1.54, 1.807) is 19.2 Å². The van der Waals surface area contributed by atoms with Crippen molar-refractivity contribution in [1.29, 1.82) is 0 Å². The molecule has 0 saturated carbocycles. The number of β-lactam (4-membered cyclic amide) rings is 1. The Hall–Kier alpha value is -3.56. The third kappa shape index (κ3) is 5.49. The van der Waals surface area contributed by atoms with Crippen LogP contribution in [0.3, 0.4) is 0 Å². The highest BCUT2D eigenvalue weighted by atomic mass is 35.5. The van der Waals surface area contributed by atoms with Crippen LogP contribution in [-0.4, -0.2) is 90.3 Å². The molecule has 0 spiro atoms. The second kappa shape index (κ2) is 11.9. The van der Waals surface area contributed by atoms with Gasteiger partial charge in [0, 0.05) is 24.1 Å². The smallest absolute Gasteiger partial charge is 0.352 e. The SMILES string of the molecule is C=CCO/N=C(\C(=O)NC1C(=O)N2C(C(=O)O)=C(CSc3nnnn3C)CS[C@H]12)c1ccc(OC)c(Cl)c1. The van der Waals surface area contributed by atoms with Gasteiger partial charge in [-0.15, -0.1) is 16.9 Å². The zero-order valence-electron chi connectivity index (χ0n) is 20.2. The number of carboxylic acids is 1. The van der Waals surface area contributed by atoms with Crippen molar-refractivity contribution in [3.63, 3.8) is 0 Å². The summed E-state index contributed by atoms with van der Waals surface area (Å²) in [6, 6.07) is 3.67. The van der Waals surface area contributed by atoms with Gasteiger partial charge in [-0.2, -0.15) is 0 Å². The van der Waals surface area contributed by atoms with Crippen molar-refractivity contribution in [2.24, 2.45) is 12.2 Å². The zero-order valence-corrected chi connectivity index (χ0v) is 22.5.